The Hall–Kier alpha value is -1.82. The number of para-hydroxylation sites is 1. The number of hydrogen-bond donors (Lipinski definition) is 1. The lowest BCUT2D eigenvalue weighted by Gasteiger charge is -2.20. The third-order valence-corrected chi connectivity index (χ3v) is 3.02. The van der Waals surface area contributed by atoms with E-state index in [4.69, 9.17) is 9.84 Å². The molecule has 1 rings (SSSR count). The fourth-order valence-electron chi connectivity index (χ4n) is 2.03. The number of ether oxygens (including phenoxy) is 1. The van der Waals surface area contributed by atoms with Crippen LogP contribution in [0.3, 0.4) is 0 Å². The van der Waals surface area contributed by atoms with Gasteiger partial charge in [-0.3, -0.25) is 10.1 Å². The maximum absolute atomic E-state index is 11.3. The number of rotatable bonds is 9. The number of nitrogens with zero attached hydrogens (tertiary/aromatic N) is 2. The van der Waals surface area contributed by atoms with Gasteiger partial charge in [0.2, 0.25) is 0 Å². The summed E-state index contributed by atoms with van der Waals surface area (Å²) in [5.41, 5.74) is 0.573. The second kappa shape index (κ2) is 8.37. The van der Waals surface area contributed by atoms with Crippen LogP contribution < -0.4 is 9.64 Å². The molecule has 20 heavy (non-hydrogen) atoms. The van der Waals surface area contributed by atoms with Crippen molar-refractivity contribution in [1.29, 1.82) is 0 Å². The van der Waals surface area contributed by atoms with Gasteiger partial charge in [-0.05, 0) is 38.3 Å². The normalized spacial score (nSPS) is 10.3. The monoisotopic (exact) mass is 282 g/mol. The standard InChI is InChI=1S/C14H22N2O4/c1-3-20-13-9-7-8-12(14(13)16(18)19)15(2)10-5-4-6-11-17/h7-9,17H,3-6,10-11H2,1-2H3. The molecule has 1 aromatic carbocycles. The van der Waals surface area contributed by atoms with Gasteiger partial charge < -0.3 is 14.7 Å². The Balaban J connectivity index is 2.87. The van der Waals surface area contributed by atoms with Crippen LogP contribution in [0.5, 0.6) is 5.75 Å². The molecule has 0 bridgehead atoms. The summed E-state index contributed by atoms with van der Waals surface area (Å²) in [7, 11) is 1.83. The van der Waals surface area contributed by atoms with Gasteiger partial charge in [0.25, 0.3) is 0 Å². The summed E-state index contributed by atoms with van der Waals surface area (Å²) in [6.07, 6.45) is 2.54. The zero-order valence-corrected chi connectivity index (χ0v) is 12.0. The Morgan fingerprint density at radius 2 is 2.10 bits per heavy atom. The van der Waals surface area contributed by atoms with E-state index in [1.54, 1.807) is 25.1 Å². The van der Waals surface area contributed by atoms with Gasteiger partial charge in [0.1, 0.15) is 5.69 Å². The van der Waals surface area contributed by atoms with Crippen LogP contribution in [0.4, 0.5) is 11.4 Å². The van der Waals surface area contributed by atoms with E-state index in [1.807, 2.05) is 11.9 Å². The smallest absolute Gasteiger partial charge is 0.333 e. The number of hydrogen-bond acceptors (Lipinski definition) is 5. The molecule has 0 aliphatic carbocycles. The molecular weight excluding hydrogens is 260 g/mol. The Kier molecular flexibility index (Phi) is 6.79. The lowest BCUT2D eigenvalue weighted by molar-refractivity contribution is -0.385. The van der Waals surface area contributed by atoms with Gasteiger partial charge in [0.05, 0.1) is 11.5 Å². The third kappa shape index (κ3) is 4.38. The minimum Gasteiger partial charge on any atom is -0.487 e. The fourth-order valence-corrected chi connectivity index (χ4v) is 2.03. The quantitative estimate of drug-likeness (QED) is 0.428. The van der Waals surface area contributed by atoms with Crippen molar-refractivity contribution in [3.8, 4) is 5.75 Å². The lowest BCUT2D eigenvalue weighted by atomic mass is 10.2. The van der Waals surface area contributed by atoms with E-state index >= 15 is 0 Å². The molecule has 112 valence electrons. The average molecular weight is 282 g/mol. The summed E-state index contributed by atoms with van der Waals surface area (Å²) < 4.78 is 5.33. The Morgan fingerprint density at radius 1 is 1.35 bits per heavy atom. The first-order valence-corrected chi connectivity index (χ1v) is 6.84. The van der Waals surface area contributed by atoms with Crippen molar-refractivity contribution in [1.82, 2.24) is 0 Å². The zero-order valence-electron chi connectivity index (χ0n) is 12.0. The minimum absolute atomic E-state index is 0.0130. The average Bonchev–Trinajstić information content (AvgIpc) is 2.43. The predicted octanol–water partition coefficient (Wildman–Crippen LogP) is 2.59. The largest absolute Gasteiger partial charge is 0.487 e. The molecule has 0 fully saturated rings. The summed E-state index contributed by atoms with van der Waals surface area (Å²) >= 11 is 0. The van der Waals surface area contributed by atoms with Crippen LogP contribution in [0.25, 0.3) is 0 Å². The summed E-state index contributed by atoms with van der Waals surface area (Å²) in [6.45, 7) is 3.08. The minimum atomic E-state index is -0.398. The maximum Gasteiger partial charge on any atom is 0.333 e. The van der Waals surface area contributed by atoms with Crippen LogP contribution in [0.2, 0.25) is 0 Å². The van der Waals surface area contributed by atoms with Gasteiger partial charge in [-0.2, -0.15) is 0 Å². The van der Waals surface area contributed by atoms with Crippen molar-refractivity contribution in [3.05, 3.63) is 28.3 Å². The molecule has 0 spiro atoms. The Morgan fingerprint density at radius 3 is 2.70 bits per heavy atom. The molecule has 0 saturated carbocycles. The van der Waals surface area contributed by atoms with Crippen LogP contribution in [0.15, 0.2) is 18.2 Å². The number of aliphatic hydroxyl groups is 1. The van der Waals surface area contributed by atoms with Gasteiger partial charge in [0, 0.05) is 20.2 Å². The summed E-state index contributed by atoms with van der Waals surface area (Å²) in [5.74, 6) is 0.303. The van der Waals surface area contributed by atoms with E-state index in [-0.39, 0.29) is 12.3 Å². The highest BCUT2D eigenvalue weighted by Gasteiger charge is 2.23. The van der Waals surface area contributed by atoms with Crippen LogP contribution in [0.1, 0.15) is 26.2 Å². The van der Waals surface area contributed by atoms with Gasteiger partial charge in [-0.25, -0.2) is 0 Å². The van der Waals surface area contributed by atoms with E-state index in [0.717, 1.165) is 19.3 Å². The highest BCUT2D eigenvalue weighted by Crippen LogP contribution is 2.36. The third-order valence-electron chi connectivity index (χ3n) is 3.02. The number of unbranched alkanes of at least 4 members (excludes halogenated alkanes) is 2. The van der Waals surface area contributed by atoms with Crippen LogP contribution in [-0.4, -0.2) is 36.8 Å². The highest BCUT2D eigenvalue weighted by molar-refractivity contribution is 5.69. The molecule has 0 aliphatic heterocycles. The van der Waals surface area contributed by atoms with Crippen LogP contribution in [-0.2, 0) is 0 Å². The molecule has 0 unspecified atom stereocenters. The molecule has 0 atom stereocenters. The Bertz CT molecular complexity index is 437. The van der Waals surface area contributed by atoms with Crippen molar-refractivity contribution < 1.29 is 14.8 Å². The van der Waals surface area contributed by atoms with Gasteiger partial charge in [0.15, 0.2) is 5.75 Å². The van der Waals surface area contributed by atoms with E-state index in [2.05, 4.69) is 0 Å². The molecule has 0 saturated heterocycles. The van der Waals surface area contributed by atoms with Crippen molar-refractivity contribution in [2.45, 2.75) is 26.2 Å². The number of nitro benzene ring substituents is 1. The molecule has 1 aromatic rings. The molecule has 1 N–H and O–H groups in total. The first-order valence-electron chi connectivity index (χ1n) is 6.84. The second-order valence-electron chi connectivity index (χ2n) is 4.52. The van der Waals surface area contributed by atoms with E-state index < -0.39 is 4.92 Å². The van der Waals surface area contributed by atoms with E-state index in [1.165, 1.54) is 0 Å². The molecule has 6 heteroatoms. The lowest BCUT2D eigenvalue weighted by Crippen LogP contribution is -2.20. The molecule has 0 amide bonds. The van der Waals surface area contributed by atoms with Gasteiger partial charge >= 0.3 is 5.69 Å². The molecule has 6 nitrogen and oxygen atoms in total. The summed E-state index contributed by atoms with van der Waals surface area (Å²) in [4.78, 5) is 12.7. The molecule has 0 aromatic heterocycles. The van der Waals surface area contributed by atoms with Crippen molar-refractivity contribution in [3.63, 3.8) is 0 Å². The molecule has 0 heterocycles. The molecule has 0 radical (unpaired) electrons. The van der Waals surface area contributed by atoms with Crippen molar-refractivity contribution in [2.75, 3.05) is 31.7 Å². The number of nitro groups is 1. The Labute approximate surface area is 119 Å². The SMILES string of the molecule is CCOc1cccc(N(C)CCCCCO)c1[N+](=O)[O-]. The van der Waals surface area contributed by atoms with E-state index in [9.17, 15) is 10.1 Å². The number of benzene rings is 1. The second-order valence-corrected chi connectivity index (χ2v) is 4.52. The first kappa shape index (κ1) is 16.2. The summed E-state index contributed by atoms with van der Waals surface area (Å²) in [5, 5.41) is 20.0. The molecular formula is C14H22N2O4. The van der Waals surface area contributed by atoms with Gasteiger partial charge in [-0.15, -0.1) is 0 Å². The maximum atomic E-state index is 11.3. The van der Waals surface area contributed by atoms with Gasteiger partial charge in [-0.1, -0.05) is 6.07 Å². The van der Waals surface area contributed by atoms with Crippen LogP contribution >= 0.6 is 0 Å². The van der Waals surface area contributed by atoms with Crippen molar-refractivity contribution >= 4 is 11.4 Å². The zero-order chi connectivity index (χ0) is 15.0. The van der Waals surface area contributed by atoms with Crippen molar-refractivity contribution in [2.24, 2.45) is 0 Å². The number of anilines is 1. The highest BCUT2D eigenvalue weighted by atomic mass is 16.6. The topological polar surface area (TPSA) is 75.8 Å². The predicted molar refractivity (Wildman–Crippen MR) is 78.5 cm³/mol. The fraction of sp³-hybridized carbons (Fsp3) is 0.571. The van der Waals surface area contributed by atoms with E-state index in [0.29, 0.717) is 24.6 Å². The molecule has 0 aliphatic rings. The number of aliphatic hydroxyl groups excluding tert-OH is 1. The first-order chi connectivity index (χ1) is 9.61. The summed E-state index contributed by atoms with van der Waals surface area (Å²) in [6, 6.07) is 5.11. The van der Waals surface area contributed by atoms with Crippen LogP contribution in [0, 0.1) is 10.1 Å².